The summed E-state index contributed by atoms with van der Waals surface area (Å²) in [6.45, 7) is 0.240. The Balaban J connectivity index is 2.01. The van der Waals surface area contributed by atoms with Gasteiger partial charge in [-0.25, -0.2) is 4.79 Å². The molecular weight excluding hydrogens is 264 g/mol. The van der Waals surface area contributed by atoms with Gasteiger partial charge in [0.15, 0.2) is 0 Å². The molecule has 5 heteroatoms. The Labute approximate surface area is 114 Å². The summed E-state index contributed by atoms with van der Waals surface area (Å²) >= 11 is 5.85. The maximum absolute atomic E-state index is 11.5. The largest absolute Gasteiger partial charge is 0.456 e. The molecule has 0 radical (unpaired) electrons. The van der Waals surface area contributed by atoms with Crippen molar-refractivity contribution >= 4 is 23.3 Å². The Morgan fingerprint density at radius 3 is 2.74 bits per heavy atom. The minimum Gasteiger partial charge on any atom is -0.456 e. The van der Waals surface area contributed by atoms with Crippen LogP contribution in [0.1, 0.15) is 12.0 Å². The molecule has 0 amide bonds. The van der Waals surface area contributed by atoms with E-state index < -0.39 is 0 Å². The predicted octanol–water partition coefficient (Wildman–Crippen LogP) is 2.38. The molecule has 2 aliphatic heterocycles. The van der Waals surface area contributed by atoms with E-state index in [0.29, 0.717) is 22.6 Å². The second-order valence-electron chi connectivity index (χ2n) is 4.31. The molecule has 0 aromatic heterocycles. The van der Waals surface area contributed by atoms with Crippen LogP contribution >= 0.6 is 11.6 Å². The topological polar surface area (TPSA) is 62.1 Å². The first-order valence-corrected chi connectivity index (χ1v) is 6.12. The molecule has 0 fully saturated rings. The molecule has 2 heterocycles. The molecule has 0 bridgehead atoms. The van der Waals surface area contributed by atoms with Gasteiger partial charge in [-0.1, -0.05) is 23.7 Å². The number of nitrogens with zero attached hydrogens (tertiary/aromatic N) is 1. The third-order valence-corrected chi connectivity index (χ3v) is 3.41. The van der Waals surface area contributed by atoms with Gasteiger partial charge in [0.25, 0.3) is 0 Å². The van der Waals surface area contributed by atoms with Gasteiger partial charge in [-0.15, -0.1) is 0 Å². The molecule has 0 aliphatic carbocycles. The molecule has 1 N–H and O–H groups in total. The monoisotopic (exact) mass is 272 g/mol. The van der Waals surface area contributed by atoms with E-state index in [1.807, 2.05) is 12.1 Å². The van der Waals surface area contributed by atoms with E-state index in [0.717, 1.165) is 17.0 Å². The number of nitrogens with one attached hydrogen (secondary N) is 1. The lowest BCUT2D eigenvalue weighted by Gasteiger charge is -2.19. The molecular formula is C14H9ClN2O2. The average Bonchev–Trinajstić information content (AvgIpc) is 2.79. The van der Waals surface area contributed by atoms with Crippen molar-refractivity contribution < 1.29 is 9.53 Å². The zero-order chi connectivity index (χ0) is 13.4. The second-order valence-corrected chi connectivity index (χ2v) is 4.74. The number of benzene rings is 1. The molecule has 94 valence electrons. The number of nitriles is 1. The van der Waals surface area contributed by atoms with E-state index in [1.54, 1.807) is 12.1 Å². The minimum atomic E-state index is -0.342. The van der Waals surface area contributed by atoms with Gasteiger partial charge in [0.1, 0.15) is 6.61 Å². The van der Waals surface area contributed by atoms with E-state index in [9.17, 15) is 10.1 Å². The van der Waals surface area contributed by atoms with Gasteiger partial charge in [0.2, 0.25) is 0 Å². The van der Waals surface area contributed by atoms with Crippen molar-refractivity contribution in [2.24, 2.45) is 0 Å². The van der Waals surface area contributed by atoms with Crippen LogP contribution in [0.5, 0.6) is 0 Å². The number of halogens is 1. The third-order valence-electron chi connectivity index (χ3n) is 3.16. The van der Waals surface area contributed by atoms with Gasteiger partial charge in [0, 0.05) is 11.4 Å². The number of cyclic esters (lactones) is 1. The Hall–Kier alpha value is -2.25. The van der Waals surface area contributed by atoms with Crippen LogP contribution in [0.25, 0.3) is 5.70 Å². The van der Waals surface area contributed by atoms with Crippen LogP contribution in [0.2, 0.25) is 5.02 Å². The molecule has 1 aromatic rings. The van der Waals surface area contributed by atoms with Crippen molar-refractivity contribution in [3.8, 4) is 6.07 Å². The van der Waals surface area contributed by atoms with Crippen LogP contribution in [0.15, 0.2) is 41.1 Å². The van der Waals surface area contributed by atoms with E-state index in [-0.39, 0.29) is 12.6 Å². The summed E-state index contributed by atoms with van der Waals surface area (Å²) in [5, 5.41) is 13.0. The fourth-order valence-corrected chi connectivity index (χ4v) is 2.30. The predicted molar refractivity (Wildman–Crippen MR) is 69.7 cm³/mol. The van der Waals surface area contributed by atoms with Gasteiger partial charge in [-0.3, -0.25) is 0 Å². The molecule has 0 atom stereocenters. The van der Waals surface area contributed by atoms with Gasteiger partial charge >= 0.3 is 5.97 Å². The molecule has 0 spiro atoms. The van der Waals surface area contributed by atoms with Gasteiger partial charge in [-0.05, 0) is 17.7 Å². The van der Waals surface area contributed by atoms with Crippen LogP contribution in [0.4, 0.5) is 0 Å². The molecule has 3 rings (SSSR count). The molecule has 2 aliphatic rings. The lowest BCUT2D eigenvalue weighted by atomic mass is 9.96. The highest BCUT2D eigenvalue weighted by molar-refractivity contribution is 6.30. The smallest absolute Gasteiger partial charge is 0.336 e. The molecule has 0 saturated carbocycles. The Morgan fingerprint density at radius 1 is 1.32 bits per heavy atom. The first-order chi connectivity index (χ1) is 9.19. The maximum atomic E-state index is 11.5. The van der Waals surface area contributed by atoms with Gasteiger partial charge in [-0.2, -0.15) is 5.26 Å². The van der Waals surface area contributed by atoms with Gasteiger partial charge in [0.05, 0.1) is 28.6 Å². The standard InChI is InChI=1S/C14H9ClN2O2/c15-10-3-1-8(2-4-10)13-9(6-16)5-11-12(17-13)7-19-14(11)18/h1-4,17H,5,7H2. The van der Waals surface area contributed by atoms with Gasteiger partial charge < -0.3 is 10.1 Å². The summed E-state index contributed by atoms with van der Waals surface area (Å²) in [6, 6.07) is 9.35. The van der Waals surface area contributed by atoms with Crippen LogP contribution in [0.3, 0.4) is 0 Å². The lowest BCUT2D eigenvalue weighted by molar-refractivity contribution is -0.136. The number of ether oxygens (including phenoxy) is 1. The third kappa shape index (κ3) is 1.98. The highest BCUT2D eigenvalue weighted by atomic mass is 35.5. The first kappa shape index (κ1) is 11.8. The summed E-state index contributed by atoms with van der Waals surface area (Å²) < 4.78 is 4.96. The van der Waals surface area contributed by atoms with E-state index >= 15 is 0 Å². The SMILES string of the molecule is N#CC1=C(c2ccc(Cl)cc2)NC2=C(C1)C(=O)OC2. The average molecular weight is 273 g/mol. The molecule has 4 nitrogen and oxygen atoms in total. The number of hydrogen-bond acceptors (Lipinski definition) is 4. The van der Waals surface area contributed by atoms with E-state index in [4.69, 9.17) is 16.3 Å². The lowest BCUT2D eigenvalue weighted by Crippen LogP contribution is -2.20. The maximum Gasteiger partial charge on any atom is 0.336 e. The summed E-state index contributed by atoms with van der Waals surface area (Å²) in [4.78, 5) is 11.5. The molecule has 1 aromatic carbocycles. The highest BCUT2D eigenvalue weighted by Gasteiger charge is 2.31. The van der Waals surface area contributed by atoms with Crippen molar-refractivity contribution in [3.05, 3.63) is 51.7 Å². The molecule has 0 unspecified atom stereocenters. The number of rotatable bonds is 1. The fourth-order valence-electron chi connectivity index (χ4n) is 2.18. The Kier molecular flexibility index (Phi) is 2.77. The van der Waals surface area contributed by atoms with Crippen molar-refractivity contribution in [2.45, 2.75) is 6.42 Å². The second kappa shape index (κ2) is 4.45. The fraction of sp³-hybridized carbons (Fsp3) is 0.143. The number of carbonyl (C=O) groups is 1. The zero-order valence-corrected chi connectivity index (χ0v) is 10.6. The summed E-state index contributed by atoms with van der Waals surface area (Å²) in [5.74, 6) is -0.342. The zero-order valence-electron chi connectivity index (χ0n) is 9.87. The molecule has 19 heavy (non-hydrogen) atoms. The van der Waals surface area contributed by atoms with Crippen LogP contribution in [0, 0.1) is 11.3 Å². The van der Waals surface area contributed by atoms with Crippen molar-refractivity contribution in [1.29, 1.82) is 5.26 Å². The van der Waals surface area contributed by atoms with Crippen molar-refractivity contribution in [3.63, 3.8) is 0 Å². The Bertz CT molecular complexity index is 666. The van der Waals surface area contributed by atoms with Crippen LogP contribution in [-0.2, 0) is 9.53 Å². The number of carbonyl (C=O) groups excluding carboxylic acids is 1. The van der Waals surface area contributed by atoms with Crippen molar-refractivity contribution in [2.75, 3.05) is 6.61 Å². The molecule has 0 saturated heterocycles. The van der Waals surface area contributed by atoms with E-state index in [2.05, 4.69) is 11.4 Å². The number of esters is 1. The number of hydrogen-bond donors (Lipinski definition) is 1. The number of allylic oxidation sites excluding steroid dienone is 1. The summed E-state index contributed by atoms with van der Waals surface area (Å²) in [6.07, 6.45) is 0.315. The minimum absolute atomic E-state index is 0.240. The highest BCUT2D eigenvalue weighted by Crippen LogP contribution is 2.32. The first-order valence-electron chi connectivity index (χ1n) is 5.74. The van der Waals surface area contributed by atoms with Crippen LogP contribution in [-0.4, -0.2) is 12.6 Å². The summed E-state index contributed by atoms with van der Waals surface area (Å²) in [7, 11) is 0. The Morgan fingerprint density at radius 2 is 2.05 bits per heavy atom. The van der Waals surface area contributed by atoms with Crippen LogP contribution < -0.4 is 5.32 Å². The summed E-state index contributed by atoms with van der Waals surface area (Å²) in [5.41, 5.74) is 3.41. The van der Waals surface area contributed by atoms with Crippen molar-refractivity contribution in [1.82, 2.24) is 5.32 Å². The van der Waals surface area contributed by atoms with E-state index in [1.165, 1.54) is 0 Å². The number of dihydropyridines is 1. The quantitative estimate of drug-likeness (QED) is 0.798. The normalized spacial score (nSPS) is 17.8.